The second-order valence-corrected chi connectivity index (χ2v) is 9.09. The number of carbonyl (C=O) groups excluding carboxylic acids is 2. The molecular weight excluding hydrogens is 444 g/mol. The number of hydrogen-bond donors (Lipinski definition) is 1. The Hall–Kier alpha value is -3.11. The van der Waals surface area contributed by atoms with Gasteiger partial charge in [0.1, 0.15) is 6.04 Å². The number of nitrogens with one attached hydrogen (secondary N) is 1. The molecule has 0 aliphatic carbocycles. The maximum absolute atomic E-state index is 13.8. The fourth-order valence-corrected chi connectivity index (χ4v) is 4.14. The maximum Gasteiger partial charge on any atom is 0.242 e. The van der Waals surface area contributed by atoms with Crippen LogP contribution in [-0.4, -0.2) is 28.8 Å². The van der Waals surface area contributed by atoms with E-state index in [1.807, 2.05) is 92.7 Å². The summed E-state index contributed by atoms with van der Waals surface area (Å²) in [5.74, 6) is -0.372. The molecule has 2 amide bonds. The lowest BCUT2D eigenvalue weighted by Gasteiger charge is -2.31. The van der Waals surface area contributed by atoms with Crippen LogP contribution in [0.4, 0.5) is 0 Å². The van der Waals surface area contributed by atoms with Crippen molar-refractivity contribution in [2.75, 3.05) is 0 Å². The van der Waals surface area contributed by atoms with Gasteiger partial charge in [0.05, 0.1) is 0 Å². The van der Waals surface area contributed by atoms with Gasteiger partial charge in [0.15, 0.2) is 0 Å². The molecule has 0 spiro atoms. The number of carbonyl (C=O) groups is 2. The molecule has 178 valence electrons. The van der Waals surface area contributed by atoms with Gasteiger partial charge in [-0.05, 0) is 43.0 Å². The molecule has 3 rings (SSSR count). The van der Waals surface area contributed by atoms with Gasteiger partial charge in [-0.25, -0.2) is 0 Å². The topological polar surface area (TPSA) is 49.4 Å². The number of hydrogen-bond acceptors (Lipinski definition) is 2. The van der Waals surface area contributed by atoms with Crippen LogP contribution in [0, 0.1) is 0 Å². The number of rotatable bonds is 10. The van der Waals surface area contributed by atoms with E-state index in [2.05, 4.69) is 5.32 Å². The van der Waals surface area contributed by atoms with Crippen molar-refractivity contribution in [1.82, 2.24) is 10.2 Å². The Bertz CT molecular complexity index is 1030. The maximum atomic E-state index is 13.8. The summed E-state index contributed by atoms with van der Waals surface area (Å²) in [4.78, 5) is 28.5. The highest BCUT2D eigenvalue weighted by atomic mass is 35.5. The SMILES string of the molecule is CC[C@H](C)NC(=O)[C@H](C)N(Cc1ccccc1Cl)C(=O)CC(c1ccccc1)c1ccccc1. The predicted octanol–water partition coefficient (Wildman–Crippen LogP) is 6.19. The van der Waals surface area contributed by atoms with E-state index in [4.69, 9.17) is 11.6 Å². The molecule has 4 nitrogen and oxygen atoms in total. The second kappa shape index (κ2) is 12.4. The van der Waals surface area contributed by atoms with Gasteiger partial charge in [-0.3, -0.25) is 9.59 Å². The molecular formula is C29H33ClN2O2. The first-order chi connectivity index (χ1) is 16.4. The van der Waals surface area contributed by atoms with E-state index in [1.165, 1.54) is 0 Å². The lowest BCUT2D eigenvalue weighted by atomic mass is 9.88. The summed E-state index contributed by atoms with van der Waals surface area (Å²) >= 11 is 6.42. The summed E-state index contributed by atoms with van der Waals surface area (Å²) in [5, 5.41) is 3.60. The van der Waals surface area contributed by atoms with Crippen molar-refractivity contribution in [1.29, 1.82) is 0 Å². The third-order valence-corrected chi connectivity index (χ3v) is 6.62. The van der Waals surface area contributed by atoms with Gasteiger partial charge in [0.2, 0.25) is 11.8 Å². The molecule has 0 aromatic heterocycles. The molecule has 0 unspecified atom stereocenters. The van der Waals surface area contributed by atoms with Crippen molar-refractivity contribution < 1.29 is 9.59 Å². The van der Waals surface area contributed by atoms with Crippen LogP contribution in [0.15, 0.2) is 84.9 Å². The molecule has 2 atom stereocenters. The Morgan fingerprint density at radius 1 is 0.853 bits per heavy atom. The third kappa shape index (κ3) is 6.71. The van der Waals surface area contributed by atoms with E-state index in [0.29, 0.717) is 5.02 Å². The Morgan fingerprint density at radius 3 is 1.91 bits per heavy atom. The van der Waals surface area contributed by atoms with E-state index in [9.17, 15) is 9.59 Å². The van der Waals surface area contributed by atoms with Crippen LogP contribution < -0.4 is 5.32 Å². The van der Waals surface area contributed by atoms with E-state index in [0.717, 1.165) is 23.1 Å². The standard InChI is InChI=1S/C29H33ClN2O2/c1-4-21(2)31-29(34)22(3)32(20-25-17-11-12-18-27(25)30)28(33)19-26(23-13-7-5-8-14-23)24-15-9-6-10-16-24/h5-18,21-22,26H,4,19-20H2,1-3H3,(H,31,34)/t21-,22-/m0/s1. The van der Waals surface area contributed by atoms with Gasteiger partial charge in [-0.15, -0.1) is 0 Å². The van der Waals surface area contributed by atoms with Gasteiger partial charge >= 0.3 is 0 Å². The Kier molecular flexibility index (Phi) is 9.29. The van der Waals surface area contributed by atoms with Gasteiger partial charge in [0, 0.05) is 29.9 Å². The van der Waals surface area contributed by atoms with Crippen molar-refractivity contribution in [2.45, 2.75) is 58.2 Å². The molecule has 0 saturated heterocycles. The minimum Gasteiger partial charge on any atom is -0.352 e. The zero-order valence-electron chi connectivity index (χ0n) is 20.1. The van der Waals surface area contributed by atoms with Crippen molar-refractivity contribution in [3.63, 3.8) is 0 Å². The Morgan fingerprint density at radius 2 is 1.38 bits per heavy atom. The number of halogens is 1. The molecule has 5 heteroatoms. The highest BCUT2D eigenvalue weighted by Crippen LogP contribution is 2.30. The largest absolute Gasteiger partial charge is 0.352 e. The van der Waals surface area contributed by atoms with Crippen molar-refractivity contribution >= 4 is 23.4 Å². The van der Waals surface area contributed by atoms with Crippen LogP contribution in [0.2, 0.25) is 5.02 Å². The Balaban J connectivity index is 1.92. The predicted molar refractivity (Wildman–Crippen MR) is 139 cm³/mol. The summed E-state index contributed by atoms with van der Waals surface area (Å²) in [5.41, 5.74) is 2.95. The summed E-state index contributed by atoms with van der Waals surface area (Å²) < 4.78 is 0. The van der Waals surface area contributed by atoms with Crippen LogP contribution in [0.3, 0.4) is 0 Å². The van der Waals surface area contributed by atoms with E-state index >= 15 is 0 Å². The van der Waals surface area contributed by atoms with E-state index < -0.39 is 6.04 Å². The summed E-state index contributed by atoms with van der Waals surface area (Å²) in [6.07, 6.45) is 1.07. The molecule has 0 saturated carbocycles. The number of nitrogens with zero attached hydrogens (tertiary/aromatic N) is 1. The first kappa shape index (κ1) is 25.5. The van der Waals surface area contributed by atoms with Crippen LogP contribution in [0.5, 0.6) is 0 Å². The van der Waals surface area contributed by atoms with E-state index in [1.54, 1.807) is 17.9 Å². The minimum atomic E-state index is -0.634. The summed E-state index contributed by atoms with van der Waals surface area (Å²) in [6.45, 7) is 6.04. The quantitative estimate of drug-likeness (QED) is 0.379. The van der Waals surface area contributed by atoms with E-state index in [-0.39, 0.29) is 36.7 Å². The molecule has 0 radical (unpaired) electrons. The van der Waals surface area contributed by atoms with Crippen LogP contribution in [0.1, 0.15) is 56.2 Å². The molecule has 0 bridgehead atoms. The molecule has 3 aromatic rings. The minimum absolute atomic E-state index is 0.0357. The number of benzene rings is 3. The fourth-order valence-electron chi connectivity index (χ4n) is 3.95. The summed E-state index contributed by atoms with van der Waals surface area (Å²) in [6, 6.07) is 26.9. The highest BCUT2D eigenvalue weighted by molar-refractivity contribution is 6.31. The third-order valence-electron chi connectivity index (χ3n) is 6.25. The fraction of sp³-hybridized carbons (Fsp3) is 0.310. The molecule has 1 N–H and O–H groups in total. The van der Waals surface area contributed by atoms with Crippen molar-refractivity contribution in [2.24, 2.45) is 0 Å². The normalized spacial score (nSPS) is 12.7. The second-order valence-electron chi connectivity index (χ2n) is 8.68. The summed E-state index contributed by atoms with van der Waals surface area (Å²) in [7, 11) is 0. The first-order valence-electron chi connectivity index (χ1n) is 11.8. The zero-order valence-corrected chi connectivity index (χ0v) is 20.8. The van der Waals surface area contributed by atoms with Gasteiger partial charge in [-0.1, -0.05) is 97.4 Å². The first-order valence-corrected chi connectivity index (χ1v) is 12.2. The Labute approximate surface area is 207 Å². The van der Waals surface area contributed by atoms with Crippen molar-refractivity contribution in [3.05, 3.63) is 107 Å². The van der Waals surface area contributed by atoms with Crippen LogP contribution in [-0.2, 0) is 16.1 Å². The molecule has 0 fully saturated rings. The van der Waals surface area contributed by atoms with Crippen LogP contribution in [0.25, 0.3) is 0 Å². The molecule has 0 aliphatic rings. The molecule has 0 heterocycles. The monoisotopic (exact) mass is 476 g/mol. The van der Waals surface area contributed by atoms with Gasteiger partial charge in [0.25, 0.3) is 0 Å². The van der Waals surface area contributed by atoms with Gasteiger partial charge in [-0.2, -0.15) is 0 Å². The van der Waals surface area contributed by atoms with Gasteiger partial charge < -0.3 is 10.2 Å². The smallest absolute Gasteiger partial charge is 0.242 e. The lowest BCUT2D eigenvalue weighted by Crippen LogP contribution is -2.49. The lowest BCUT2D eigenvalue weighted by molar-refractivity contribution is -0.141. The van der Waals surface area contributed by atoms with Crippen molar-refractivity contribution in [3.8, 4) is 0 Å². The molecule has 34 heavy (non-hydrogen) atoms. The highest BCUT2D eigenvalue weighted by Gasteiger charge is 2.29. The molecule has 3 aromatic carbocycles. The zero-order chi connectivity index (χ0) is 24.5. The average Bonchev–Trinajstić information content (AvgIpc) is 2.87. The number of amides is 2. The average molecular weight is 477 g/mol. The molecule has 0 aliphatic heterocycles. The van der Waals surface area contributed by atoms with Crippen LogP contribution >= 0.6 is 11.6 Å².